The number of halogens is 3. The first kappa shape index (κ1) is 34.6. The molecular weight excluding hydrogens is 547 g/mol. The lowest BCUT2D eigenvalue weighted by Gasteiger charge is -2.24. The minimum absolute atomic E-state index is 0.0131. The fourth-order valence-corrected chi connectivity index (χ4v) is 3.59. The number of hydrogen-bond donors (Lipinski definition) is 4. The van der Waals surface area contributed by atoms with Gasteiger partial charge in [-0.1, -0.05) is 0 Å². The maximum absolute atomic E-state index is 12.8. The zero-order chi connectivity index (χ0) is 31.3. The number of allylic oxidation sites excluding steroid dienone is 1. The summed E-state index contributed by atoms with van der Waals surface area (Å²) < 4.78 is 40.5. The van der Waals surface area contributed by atoms with Crippen LogP contribution in [0.4, 0.5) is 24.7 Å². The molecule has 0 radical (unpaired) electrons. The molecule has 3 rings (SSSR count). The highest BCUT2D eigenvalue weighted by molar-refractivity contribution is 6.08. The summed E-state index contributed by atoms with van der Waals surface area (Å²) in [5, 5.41) is 2.59. The third kappa shape index (κ3) is 9.64. The average molecular weight is 584 g/mol. The quantitative estimate of drug-likeness (QED) is 0.311. The predicted octanol–water partition coefficient (Wildman–Crippen LogP) is 0.0999. The van der Waals surface area contributed by atoms with E-state index >= 15 is 0 Å². The van der Waals surface area contributed by atoms with E-state index in [0.29, 0.717) is 24.4 Å². The number of likely N-dealkylation sites (tertiary alicyclic amines) is 1. The zero-order valence-electron chi connectivity index (χ0n) is 23.3. The van der Waals surface area contributed by atoms with E-state index in [9.17, 15) is 27.6 Å². The molecule has 2 aromatic rings. The van der Waals surface area contributed by atoms with E-state index in [2.05, 4.69) is 37.7 Å². The number of hydrogen-bond acceptors (Lipinski definition) is 11. The second-order valence-electron chi connectivity index (χ2n) is 8.54. The Bertz CT molecular complexity index is 1340. The standard InChI is InChI=1S/C14H16F3N5.C9H15N5O3.CH5N/c1-18-8-11(13-20-5-3-6-21-13)9-19-10-22-7-2-4-12(22)14(15,16)17;1-4(7(11)15)12-5-6(10)13(2)9(17)14(3)8(5)16;1-2/h3,5-6,8-9,12H,1-2,4,7,10H2;4,12H,10H2,1-3H3,(H2,11,15);2H2,1H3/b11-8+,19-9-;;/t12-;4-;/m00./s1. The Labute approximate surface area is 234 Å². The topological polar surface area (TPSA) is 205 Å². The fourth-order valence-electron chi connectivity index (χ4n) is 3.59. The molecule has 1 saturated heterocycles. The first-order valence-corrected chi connectivity index (χ1v) is 12.2. The van der Waals surface area contributed by atoms with Crippen molar-refractivity contribution in [3.63, 3.8) is 0 Å². The number of rotatable bonds is 8. The van der Waals surface area contributed by atoms with Gasteiger partial charge in [0.15, 0.2) is 5.82 Å². The number of amides is 1. The van der Waals surface area contributed by atoms with Crippen molar-refractivity contribution in [3.05, 3.63) is 51.3 Å². The van der Waals surface area contributed by atoms with Crippen molar-refractivity contribution in [2.75, 3.05) is 31.3 Å². The third-order valence-corrected chi connectivity index (χ3v) is 5.79. The summed E-state index contributed by atoms with van der Waals surface area (Å²) in [5.41, 5.74) is 14.6. The monoisotopic (exact) mass is 583 g/mol. The van der Waals surface area contributed by atoms with Gasteiger partial charge in [0.05, 0.1) is 12.2 Å². The lowest BCUT2D eigenvalue weighted by atomic mass is 10.2. The molecule has 1 amide bonds. The molecule has 41 heavy (non-hydrogen) atoms. The highest BCUT2D eigenvalue weighted by Gasteiger charge is 2.45. The molecule has 14 nitrogen and oxygen atoms in total. The summed E-state index contributed by atoms with van der Waals surface area (Å²) in [6.45, 7) is 5.21. The molecule has 0 aliphatic carbocycles. The van der Waals surface area contributed by atoms with Crippen LogP contribution in [0.15, 0.2) is 44.2 Å². The van der Waals surface area contributed by atoms with Gasteiger partial charge >= 0.3 is 11.9 Å². The van der Waals surface area contributed by atoms with Crippen LogP contribution in [-0.2, 0) is 18.9 Å². The molecule has 0 spiro atoms. The van der Waals surface area contributed by atoms with Gasteiger partial charge in [-0.3, -0.25) is 33.6 Å². The predicted molar refractivity (Wildman–Crippen MR) is 152 cm³/mol. The molecule has 2 atom stereocenters. The molecule has 0 bridgehead atoms. The van der Waals surface area contributed by atoms with Gasteiger partial charge in [0.2, 0.25) is 5.91 Å². The summed E-state index contributed by atoms with van der Waals surface area (Å²) in [4.78, 5) is 51.3. The Hall–Kier alpha value is -4.38. The number of nitrogens with two attached hydrogens (primary N) is 3. The number of nitrogen functional groups attached to an aromatic ring is 1. The summed E-state index contributed by atoms with van der Waals surface area (Å²) in [6.07, 6.45) is 2.41. The Morgan fingerprint density at radius 1 is 1.24 bits per heavy atom. The second kappa shape index (κ2) is 16.0. The van der Waals surface area contributed by atoms with Crippen LogP contribution in [0.1, 0.15) is 25.6 Å². The van der Waals surface area contributed by atoms with Crippen molar-refractivity contribution < 1.29 is 18.0 Å². The third-order valence-electron chi connectivity index (χ3n) is 5.79. The van der Waals surface area contributed by atoms with E-state index in [1.54, 1.807) is 18.5 Å². The van der Waals surface area contributed by atoms with Gasteiger partial charge in [-0.2, -0.15) is 13.2 Å². The van der Waals surface area contributed by atoms with Crippen LogP contribution in [0.3, 0.4) is 0 Å². The van der Waals surface area contributed by atoms with Crippen LogP contribution in [0.25, 0.3) is 5.57 Å². The molecule has 17 heteroatoms. The van der Waals surface area contributed by atoms with Crippen molar-refractivity contribution >= 4 is 35.9 Å². The minimum atomic E-state index is -4.21. The molecule has 7 N–H and O–H groups in total. The van der Waals surface area contributed by atoms with Crippen molar-refractivity contribution in [3.8, 4) is 0 Å². The average Bonchev–Trinajstić information content (AvgIpc) is 3.44. The molecule has 226 valence electrons. The summed E-state index contributed by atoms with van der Waals surface area (Å²) >= 11 is 0. The van der Waals surface area contributed by atoms with E-state index in [1.165, 1.54) is 45.4 Å². The first-order valence-electron chi connectivity index (χ1n) is 12.2. The number of carbonyl (C=O) groups is 1. The largest absolute Gasteiger partial charge is 0.404 e. The summed E-state index contributed by atoms with van der Waals surface area (Å²) in [6, 6.07) is -0.511. The number of anilines is 2. The van der Waals surface area contributed by atoms with Gasteiger partial charge in [0, 0.05) is 45.4 Å². The Kier molecular flexibility index (Phi) is 13.5. The molecule has 1 aliphatic rings. The Morgan fingerprint density at radius 3 is 2.39 bits per heavy atom. The molecular formula is C24H36F3N11O3. The number of aromatic nitrogens is 4. The van der Waals surface area contributed by atoms with Crippen LogP contribution < -0.4 is 33.8 Å². The summed E-state index contributed by atoms with van der Waals surface area (Å²) in [7, 11) is 4.25. The zero-order valence-corrected chi connectivity index (χ0v) is 23.3. The number of aliphatic imine (C=N–C) groups is 2. The van der Waals surface area contributed by atoms with Crippen molar-refractivity contribution in [1.82, 2.24) is 24.0 Å². The van der Waals surface area contributed by atoms with E-state index in [4.69, 9.17) is 11.5 Å². The van der Waals surface area contributed by atoms with Gasteiger partial charge in [0.25, 0.3) is 5.56 Å². The van der Waals surface area contributed by atoms with E-state index < -0.39 is 35.4 Å². The van der Waals surface area contributed by atoms with Crippen LogP contribution >= 0.6 is 0 Å². The molecule has 1 aliphatic heterocycles. The summed E-state index contributed by atoms with van der Waals surface area (Å²) in [5.74, 6) is -0.265. The van der Waals surface area contributed by atoms with E-state index in [1.807, 2.05) is 0 Å². The first-order chi connectivity index (χ1) is 19.3. The van der Waals surface area contributed by atoms with Gasteiger partial charge in [-0.25, -0.2) is 14.8 Å². The normalized spacial score (nSPS) is 16.3. The highest BCUT2D eigenvalue weighted by Crippen LogP contribution is 2.32. The maximum atomic E-state index is 12.8. The van der Waals surface area contributed by atoms with E-state index in [0.717, 1.165) is 9.13 Å². The molecule has 0 saturated carbocycles. The maximum Gasteiger partial charge on any atom is 0.404 e. The molecule has 0 unspecified atom stereocenters. The highest BCUT2D eigenvalue weighted by atomic mass is 19.4. The van der Waals surface area contributed by atoms with Crippen molar-refractivity contribution in [2.45, 2.75) is 38.0 Å². The minimum Gasteiger partial charge on any atom is -0.383 e. The lowest BCUT2D eigenvalue weighted by Crippen LogP contribution is -2.42. The lowest BCUT2D eigenvalue weighted by molar-refractivity contribution is -0.175. The second-order valence-corrected chi connectivity index (χ2v) is 8.54. The van der Waals surface area contributed by atoms with Gasteiger partial charge in [0.1, 0.15) is 23.6 Å². The Morgan fingerprint density at radius 2 is 1.85 bits per heavy atom. The van der Waals surface area contributed by atoms with Crippen LogP contribution in [0.2, 0.25) is 0 Å². The number of alkyl halides is 3. The van der Waals surface area contributed by atoms with Crippen LogP contribution in [0, 0.1) is 0 Å². The van der Waals surface area contributed by atoms with E-state index in [-0.39, 0.29) is 24.6 Å². The van der Waals surface area contributed by atoms with Crippen LogP contribution in [0.5, 0.6) is 0 Å². The number of primary amides is 1. The number of carbonyl (C=O) groups excluding carboxylic acids is 1. The SMILES string of the molecule is C=N/C=C(\C=N/CN1CCC[C@H]1C(F)(F)F)c1ncccn1.CN.C[C@H](Nc1c(N)n(C)c(=O)n(C)c1=O)C(N)=O. The molecule has 2 aromatic heterocycles. The number of nitrogens with one attached hydrogen (secondary N) is 1. The fraction of sp³-hybridized carbons (Fsp3) is 0.458. The molecule has 3 heterocycles. The van der Waals surface area contributed by atoms with Crippen molar-refractivity contribution in [2.24, 2.45) is 35.5 Å². The van der Waals surface area contributed by atoms with Crippen LogP contribution in [-0.4, -0.2) is 81.4 Å². The van der Waals surface area contributed by atoms with Gasteiger partial charge < -0.3 is 22.5 Å². The number of nitrogens with zero attached hydrogens (tertiary/aromatic N) is 7. The van der Waals surface area contributed by atoms with Crippen molar-refractivity contribution in [1.29, 1.82) is 0 Å². The molecule has 0 aromatic carbocycles. The van der Waals surface area contributed by atoms with Gasteiger partial charge in [-0.15, -0.1) is 0 Å². The Balaban J connectivity index is 0.000000399. The smallest absolute Gasteiger partial charge is 0.383 e. The van der Waals surface area contributed by atoms with Gasteiger partial charge in [-0.05, 0) is 39.6 Å². The molecule has 1 fully saturated rings.